The number of alkyl carbamates (subject to hydrolysis) is 1. The number of benzene rings is 1. The predicted octanol–water partition coefficient (Wildman–Crippen LogP) is 3.78. The Bertz CT molecular complexity index is 1400. The van der Waals surface area contributed by atoms with Gasteiger partial charge in [0.2, 0.25) is 35.9 Å². The molecule has 1 aromatic rings. The second kappa shape index (κ2) is 21.0. The highest BCUT2D eigenvalue weighted by Gasteiger charge is 2.44. The molecule has 1 heterocycles. The van der Waals surface area contributed by atoms with Crippen LogP contribution in [0, 0.1) is 17.3 Å². The monoisotopic (exact) mass is 715 g/mol. The lowest BCUT2D eigenvalue weighted by molar-refractivity contribution is -0.140. The molecule has 2 rings (SSSR count). The standard InChI is InChI=1S/C37H58N6O8/c1-24(2)32(42-30(45)14-9-8-12-20-43-31(46)21-28(35(43)49)37(5,6)7)34(48)41-29(13-10-11-19-38-23-44)33(47)40-27-17-15-26(16-18-27)22-51-36(50)39-25(3)4/h15-18,23-25,28-29,32H,8-14,19-22H2,1-7H3,(H,38,44)(H,39,50)(H,40,47)(H,41,48)(H,42,45)/t28?,29-,32-/m0/s1/i23D. The highest BCUT2D eigenvalue weighted by molar-refractivity contribution is 6.04. The number of rotatable bonds is 20. The number of carbonyl (C=O) groups is 7. The number of carbonyl (C=O) groups excluding carboxylic acids is 7. The molecule has 5 N–H and O–H groups in total. The van der Waals surface area contributed by atoms with Crippen molar-refractivity contribution in [3.05, 3.63) is 29.8 Å². The molecular formula is C37H58N6O8. The Hall–Kier alpha value is -4.49. The minimum atomic E-state index is -0.964. The summed E-state index contributed by atoms with van der Waals surface area (Å²) in [6, 6.07) is 4.77. The lowest BCUT2D eigenvalue weighted by Gasteiger charge is -2.25. The number of imide groups is 1. The topological polar surface area (TPSA) is 192 Å². The number of hydrogen-bond acceptors (Lipinski definition) is 8. The second-order valence-electron chi connectivity index (χ2n) is 14.8. The molecule has 1 unspecified atom stereocenters. The molecule has 1 fully saturated rings. The van der Waals surface area contributed by atoms with E-state index in [0.717, 1.165) is 0 Å². The van der Waals surface area contributed by atoms with Crippen molar-refractivity contribution < 1.29 is 39.7 Å². The molecule has 1 aliphatic heterocycles. The van der Waals surface area contributed by atoms with Crippen LogP contribution in [0.25, 0.3) is 0 Å². The van der Waals surface area contributed by atoms with Gasteiger partial charge in [0, 0.05) is 37.7 Å². The quantitative estimate of drug-likeness (QED) is 0.0765. The Labute approximate surface area is 303 Å². The molecule has 0 radical (unpaired) electrons. The smallest absolute Gasteiger partial charge is 0.407 e. The number of nitrogens with zero attached hydrogens (tertiary/aromatic N) is 1. The molecule has 0 spiro atoms. The zero-order valence-corrected chi connectivity index (χ0v) is 31.2. The Kier molecular flexibility index (Phi) is 16.9. The number of amides is 7. The summed E-state index contributed by atoms with van der Waals surface area (Å²) >= 11 is 0. The van der Waals surface area contributed by atoms with Gasteiger partial charge >= 0.3 is 6.09 Å². The van der Waals surface area contributed by atoms with E-state index in [9.17, 15) is 33.6 Å². The second-order valence-corrected chi connectivity index (χ2v) is 14.8. The normalized spacial score (nSPS) is 16.0. The van der Waals surface area contributed by atoms with Crippen molar-refractivity contribution in [1.82, 2.24) is 26.2 Å². The third kappa shape index (κ3) is 15.1. The average molecular weight is 716 g/mol. The van der Waals surface area contributed by atoms with E-state index in [1.165, 1.54) is 4.90 Å². The van der Waals surface area contributed by atoms with Crippen LogP contribution in [0.4, 0.5) is 10.5 Å². The van der Waals surface area contributed by atoms with Crippen LogP contribution in [0.3, 0.4) is 0 Å². The molecule has 14 nitrogen and oxygen atoms in total. The Balaban J connectivity index is 1.95. The van der Waals surface area contributed by atoms with Gasteiger partial charge in [-0.2, -0.15) is 0 Å². The van der Waals surface area contributed by atoms with Gasteiger partial charge < -0.3 is 31.3 Å². The van der Waals surface area contributed by atoms with Crippen LogP contribution in [-0.2, 0) is 40.1 Å². The Morgan fingerprint density at radius 1 is 0.941 bits per heavy atom. The SMILES string of the molecule is [2H]C(=O)NCCCC[C@H](NC(=O)[C@@H](NC(=O)CCCCCN1C(=O)CC(C(C)(C)C)C1=O)C(C)C)C(=O)Nc1ccc(COC(=O)NC(C)C)cc1. The van der Waals surface area contributed by atoms with Gasteiger partial charge in [-0.3, -0.25) is 33.7 Å². The summed E-state index contributed by atoms with van der Waals surface area (Å²) in [4.78, 5) is 88.9. The number of anilines is 1. The number of nitrogens with one attached hydrogen (secondary N) is 5. The van der Waals surface area contributed by atoms with Gasteiger partial charge in [-0.15, -0.1) is 0 Å². The third-order valence-electron chi connectivity index (χ3n) is 8.59. The molecule has 0 saturated carbocycles. The lowest BCUT2D eigenvalue weighted by Crippen LogP contribution is -2.54. The predicted molar refractivity (Wildman–Crippen MR) is 193 cm³/mol. The fourth-order valence-corrected chi connectivity index (χ4v) is 5.59. The first-order valence-corrected chi connectivity index (χ1v) is 17.9. The van der Waals surface area contributed by atoms with Crippen molar-refractivity contribution in [2.45, 2.75) is 125 Å². The van der Waals surface area contributed by atoms with E-state index in [1.807, 2.05) is 34.6 Å². The summed E-state index contributed by atoms with van der Waals surface area (Å²) in [6.45, 7) is 13.7. The number of likely N-dealkylation sites (tertiary alicyclic amines) is 1. The number of ether oxygens (including phenoxy) is 1. The summed E-state index contributed by atoms with van der Waals surface area (Å²) < 4.78 is 12.2. The minimum absolute atomic E-state index is 0.0430. The summed E-state index contributed by atoms with van der Waals surface area (Å²) in [5.74, 6) is -2.23. The van der Waals surface area contributed by atoms with E-state index in [-0.39, 0.29) is 73.4 Å². The minimum Gasteiger partial charge on any atom is -0.445 e. The maximum Gasteiger partial charge on any atom is 0.407 e. The molecule has 1 aromatic carbocycles. The van der Waals surface area contributed by atoms with Crippen molar-refractivity contribution in [2.24, 2.45) is 17.3 Å². The van der Waals surface area contributed by atoms with Crippen LogP contribution in [-0.4, -0.2) is 78.1 Å². The van der Waals surface area contributed by atoms with E-state index in [1.54, 1.807) is 38.1 Å². The largest absolute Gasteiger partial charge is 0.445 e. The van der Waals surface area contributed by atoms with Crippen LogP contribution in [0.5, 0.6) is 0 Å². The molecule has 14 heteroatoms. The first kappa shape index (κ1) is 40.9. The summed E-state index contributed by atoms with van der Waals surface area (Å²) in [7, 11) is 0. The van der Waals surface area contributed by atoms with Crippen LogP contribution in [0.2, 0.25) is 0 Å². The summed E-state index contributed by atoms with van der Waals surface area (Å²) in [5, 5.41) is 13.4. The average Bonchev–Trinajstić information content (AvgIpc) is 3.34. The fourth-order valence-electron chi connectivity index (χ4n) is 5.59. The van der Waals surface area contributed by atoms with E-state index >= 15 is 0 Å². The van der Waals surface area contributed by atoms with Crippen LogP contribution < -0.4 is 26.6 Å². The number of hydrogen-bond donors (Lipinski definition) is 5. The van der Waals surface area contributed by atoms with Crippen molar-refractivity contribution in [1.29, 1.82) is 0 Å². The van der Waals surface area contributed by atoms with Crippen molar-refractivity contribution in [3.8, 4) is 0 Å². The summed E-state index contributed by atoms with van der Waals surface area (Å²) in [6.07, 6.45) is 1.80. The Morgan fingerprint density at radius 3 is 2.22 bits per heavy atom. The molecule has 1 aliphatic rings. The van der Waals surface area contributed by atoms with Gasteiger partial charge in [0.1, 0.15) is 20.1 Å². The molecular weight excluding hydrogens is 656 g/mol. The van der Waals surface area contributed by atoms with Gasteiger partial charge in [0.05, 0.1) is 5.92 Å². The molecule has 0 aromatic heterocycles. The van der Waals surface area contributed by atoms with Gasteiger partial charge in [-0.1, -0.05) is 53.2 Å². The highest BCUT2D eigenvalue weighted by atomic mass is 16.5. The van der Waals surface area contributed by atoms with Crippen molar-refractivity contribution in [2.75, 3.05) is 18.4 Å². The van der Waals surface area contributed by atoms with E-state index in [4.69, 9.17) is 6.11 Å². The number of unbranched alkanes of at least 4 members (excludes halogenated alkanes) is 3. The van der Waals surface area contributed by atoms with Crippen LogP contribution in [0.15, 0.2) is 24.3 Å². The zero-order valence-electron chi connectivity index (χ0n) is 32.2. The first-order valence-electron chi connectivity index (χ1n) is 18.4. The molecule has 0 aliphatic carbocycles. The van der Waals surface area contributed by atoms with Crippen LogP contribution >= 0.6 is 0 Å². The van der Waals surface area contributed by atoms with E-state index in [2.05, 4.69) is 26.6 Å². The molecule has 7 amide bonds. The van der Waals surface area contributed by atoms with Gasteiger partial charge in [0.15, 0.2) is 0 Å². The lowest BCUT2D eigenvalue weighted by atomic mass is 9.80. The zero-order chi connectivity index (χ0) is 39.0. The molecule has 3 atom stereocenters. The third-order valence-corrected chi connectivity index (χ3v) is 8.59. The molecule has 0 bridgehead atoms. The molecule has 1 saturated heterocycles. The Morgan fingerprint density at radius 2 is 1.63 bits per heavy atom. The van der Waals surface area contributed by atoms with Gasteiger partial charge in [-0.05, 0) is 75.0 Å². The van der Waals surface area contributed by atoms with E-state index < -0.39 is 36.4 Å². The van der Waals surface area contributed by atoms with Crippen molar-refractivity contribution >= 4 is 47.7 Å². The maximum absolute atomic E-state index is 13.5. The highest BCUT2D eigenvalue weighted by Crippen LogP contribution is 2.35. The van der Waals surface area contributed by atoms with E-state index in [0.29, 0.717) is 49.9 Å². The maximum atomic E-state index is 13.5. The summed E-state index contributed by atoms with van der Waals surface area (Å²) in [5.41, 5.74) is 0.879. The van der Waals surface area contributed by atoms with Gasteiger partial charge in [-0.25, -0.2) is 4.79 Å². The fraction of sp³-hybridized carbons (Fsp3) is 0.649. The van der Waals surface area contributed by atoms with Crippen LogP contribution in [0.1, 0.15) is 107 Å². The molecule has 284 valence electrons. The first-order chi connectivity index (χ1) is 24.4. The van der Waals surface area contributed by atoms with Gasteiger partial charge in [0.25, 0.3) is 0 Å². The van der Waals surface area contributed by atoms with Crippen molar-refractivity contribution in [3.63, 3.8) is 0 Å². The molecule has 51 heavy (non-hydrogen) atoms.